The number of thioether (sulfide) groups is 1. The lowest BCUT2D eigenvalue weighted by Crippen LogP contribution is -2.34. The topological polar surface area (TPSA) is 49.7 Å². The Bertz CT molecular complexity index is 570. The quantitative estimate of drug-likeness (QED) is 0.857. The van der Waals surface area contributed by atoms with E-state index in [-0.39, 0.29) is 5.75 Å². The van der Waals surface area contributed by atoms with Crippen molar-refractivity contribution in [2.45, 2.75) is 12.7 Å². The zero-order valence-electron chi connectivity index (χ0n) is 10.5. The van der Waals surface area contributed by atoms with Crippen molar-refractivity contribution in [3.8, 4) is 0 Å². The van der Waals surface area contributed by atoms with E-state index in [9.17, 15) is 8.42 Å². The van der Waals surface area contributed by atoms with Gasteiger partial charge in [-0.3, -0.25) is 4.99 Å². The van der Waals surface area contributed by atoms with Crippen molar-refractivity contribution in [1.82, 2.24) is 4.31 Å². The Kier molecular flexibility index (Phi) is 4.76. The van der Waals surface area contributed by atoms with E-state index in [1.165, 1.54) is 16.1 Å². The molecule has 104 valence electrons. The van der Waals surface area contributed by atoms with Gasteiger partial charge in [-0.2, -0.15) is 0 Å². The molecule has 0 aromatic heterocycles. The van der Waals surface area contributed by atoms with Crippen molar-refractivity contribution in [1.29, 1.82) is 0 Å². The number of nitrogens with zero attached hydrogens (tertiary/aromatic N) is 2. The maximum absolute atomic E-state index is 11.9. The van der Waals surface area contributed by atoms with Crippen LogP contribution < -0.4 is 0 Å². The lowest BCUT2D eigenvalue weighted by Gasteiger charge is -2.18. The van der Waals surface area contributed by atoms with Gasteiger partial charge in [-0.25, -0.2) is 12.7 Å². The second-order valence-electron chi connectivity index (χ2n) is 4.05. The smallest absolute Gasteiger partial charge is 0.236 e. The van der Waals surface area contributed by atoms with Crippen LogP contribution in [0, 0.1) is 0 Å². The predicted molar refractivity (Wildman–Crippen MR) is 81.2 cm³/mol. The van der Waals surface area contributed by atoms with Crippen LogP contribution in [0.25, 0.3) is 0 Å². The van der Waals surface area contributed by atoms with Crippen LogP contribution in [0.4, 0.5) is 0 Å². The molecule has 0 unspecified atom stereocenters. The van der Waals surface area contributed by atoms with E-state index in [1.54, 1.807) is 6.92 Å². The maximum atomic E-state index is 11.9. The third-order valence-electron chi connectivity index (χ3n) is 2.75. The van der Waals surface area contributed by atoms with Gasteiger partial charge in [0.05, 0.1) is 18.8 Å². The summed E-state index contributed by atoms with van der Waals surface area (Å²) in [6, 6.07) is 7.52. The lowest BCUT2D eigenvalue weighted by atomic mass is 10.2. The molecule has 0 N–H and O–H groups in total. The molecule has 0 bridgehead atoms. The molecule has 0 saturated heterocycles. The van der Waals surface area contributed by atoms with Crippen molar-refractivity contribution >= 4 is 38.6 Å². The van der Waals surface area contributed by atoms with E-state index >= 15 is 0 Å². The Labute approximate surface area is 122 Å². The summed E-state index contributed by atoms with van der Waals surface area (Å²) in [6.07, 6.45) is 0. The zero-order valence-corrected chi connectivity index (χ0v) is 12.9. The third-order valence-corrected chi connectivity index (χ3v) is 5.95. The first-order chi connectivity index (χ1) is 9.03. The van der Waals surface area contributed by atoms with Gasteiger partial charge in [-0.05, 0) is 24.6 Å². The van der Waals surface area contributed by atoms with Crippen LogP contribution in [-0.4, -0.2) is 36.7 Å². The molecule has 0 radical (unpaired) electrons. The van der Waals surface area contributed by atoms with Crippen molar-refractivity contribution < 1.29 is 8.42 Å². The average Bonchev–Trinajstić information content (AvgIpc) is 2.87. The van der Waals surface area contributed by atoms with Gasteiger partial charge < -0.3 is 0 Å². The summed E-state index contributed by atoms with van der Waals surface area (Å²) in [7, 11) is -3.20. The van der Waals surface area contributed by atoms with Crippen LogP contribution in [0.5, 0.6) is 0 Å². The molecule has 0 saturated carbocycles. The van der Waals surface area contributed by atoms with E-state index in [0.29, 0.717) is 29.0 Å². The first kappa shape index (κ1) is 14.7. The van der Waals surface area contributed by atoms with E-state index in [2.05, 4.69) is 4.99 Å². The highest BCUT2D eigenvalue weighted by Crippen LogP contribution is 2.22. The molecule has 1 aliphatic rings. The summed E-state index contributed by atoms with van der Waals surface area (Å²) < 4.78 is 25.2. The van der Waals surface area contributed by atoms with Crippen molar-refractivity contribution in [3.63, 3.8) is 0 Å². The molecule has 2 rings (SSSR count). The van der Waals surface area contributed by atoms with Crippen LogP contribution >= 0.6 is 23.4 Å². The van der Waals surface area contributed by atoms with Crippen LogP contribution in [0.3, 0.4) is 0 Å². The minimum atomic E-state index is -3.20. The molecule has 1 aliphatic heterocycles. The maximum Gasteiger partial charge on any atom is 0.236 e. The van der Waals surface area contributed by atoms with Gasteiger partial charge in [-0.1, -0.05) is 35.5 Å². The Balaban J connectivity index is 2.01. The first-order valence-corrected chi connectivity index (χ1v) is 8.92. The fourth-order valence-corrected chi connectivity index (χ4v) is 4.17. The fourth-order valence-electron chi connectivity index (χ4n) is 1.67. The molecule has 1 aromatic carbocycles. The monoisotopic (exact) mass is 318 g/mol. The molecule has 0 aliphatic carbocycles. The number of amidine groups is 1. The highest BCUT2D eigenvalue weighted by atomic mass is 35.5. The Hall–Kier alpha value is -0.720. The predicted octanol–water partition coefficient (Wildman–Crippen LogP) is 2.59. The summed E-state index contributed by atoms with van der Waals surface area (Å²) >= 11 is 7.27. The van der Waals surface area contributed by atoms with E-state index in [0.717, 1.165) is 5.56 Å². The Morgan fingerprint density at radius 2 is 2.05 bits per heavy atom. The highest BCUT2D eigenvalue weighted by Gasteiger charge is 2.27. The second kappa shape index (κ2) is 6.15. The average molecular weight is 319 g/mol. The normalized spacial score (nSPS) is 15.7. The molecule has 0 spiro atoms. The Morgan fingerprint density at radius 3 is 2.68 bits per heavy atom. The van der Waals surface area contributed by atoms with Gasteiger partial charge in [-0.15, -0.1) is 0 Å². The van der Waals surface area contributed by atoms with E-state index in [1.807, 2.05) is 24.3 Å². The minimum absolute atomic E-state index is 0.105. The molecule has 7 heteroatoms. The summed E-state index contributed by atoms with van der Waals surface area (Å²) in [5.41, 5.74) is 1.10. The third kappa shape index (κ3) is 3.64. The molecule has 19 heavy (non-hydrogen) atoms. The molecule has 0 amide bonds. The molecule has 1 aromatic rings. The number of halogens is 1. The number of hydrogen-bond acceptors (Lipinski definition) is 4. The number of benzene rings is 1. The number of hydrogen-bond donors (Lipinski definition) is 0. The van der Waals surface area contributed by atoms with Gasteiger partial charge in [0, 0.05) is 10.8 Å². The number of rotatable bonds is 4. The van der Waals surface area contributed by atoms with Gasteiger partial charge >= 0.3 is 0 Å². The summed E-state index contributed by atoms with van der Waals surface area (Å²) in [5, 5.41) is 1.29. The van der Waals surface area contributed by atoms with E-state index < -0.39 is 10.0 Å². The van der Waals surface area contributed by atoms with Crippen LogP contribution in [0.15, 0.2) is 29.3 Å². The summed E-state index contributed by atoms with van der Waals surface area (Å²) in [5.74, 6) is 0.791. The van der Waals surface area contributed by atoms with Gasteiger partial charge in [0.2, 0.25) is 10.0 Å². The van der Waals surface area contributed by atoms with E-state index in [4.69, 9.17) is 11.6 Å². The van der Waals surface area contributed by atoms with Crippen molar-refractivity contribution in [3.05, 3.63) is 34.9 Å². The van der Waals surface area contributed by atoms with Crippen LogP contribution in [0.2, 0.25) is 5.02 Å². The van der Waals surface area contributed by atoms with Crippen molar-refractivity contribution in [2.75, 3.05) is 18.8 Å². The first-order valence-electron chi connectivity index (χ1n) is 5.95. The van der Waals surface area contributed by atoms with Gasteiger partial charge in [0.25, 0.3) is 0 Å². The SMILES string of the molecule is CCS(=O)(=O)N1CCN=C1SCc1ccc(Cl)cc1. The second-order valence-corrected chi connectivity index (χ2v) is 7.61. The molecule has 0 atom stereocenters. The summed E-state index contributed by atoms with van der Waals surface area (Å²) in [6.45, 7) is 2.65. The zero-order chi connectivity index (χ0) is 13.9. The van der Waals surface area contributed by atoms with Crippen molar-refractivity contribution in [2.24, 2.45) is 4.99 Å². The number of aliphatic imine (C=N–C) groups is 1. The summed E-state index contributed by atoms with van der Waals surface area (Å²) in [4.78, 5) is 4.26. The fraction of sp³-hybridized carbons (Fsp3) is 0.417. The van der Waals surface area contributed by atoms with Crippen LogP contribution in [-0.2, 0) is 15.8 Å². The molecule has 0 fully saturated rings. The largest absolute Gasteiger partial charge is 0.260 e. The minimum Gasteiger partial charge on any atom is -0.260 e. The standard InChI is InChI=1S/C12H15ClN2O2S2/c1-2-19(16,17)15-8-7-14-12(15)18-9-10-3-5-11(13)6-4-10/h3-6H,2,7-9H2,1H3. The molecular formula is C12H15ClN2O2S2. The Morgan fingerprint density at radius 1 is 1.37 bits per heavy atom. The van der Waals surface area contributed by atoms with Crippen LogP contribution in [0.1, 0.15) is 12.5 Å². The van der Waals surface area contributed by atoms with Gasteiger partial charge in [0.1, 0.15) is 0 Å². The molecule has 4 nitrogen and oxygen atoms in total. The molecular weight excluding hydrogens is 304 g/mol. The molecule has 1 heterocycles. The lowest BCUT2D eigenvalue weighted by molar-refractivity contribution is 0.541. The highest BCUT2D eigenvalue weighted by molar-refractivity contribution is 8.14. The van der Waals surface area contributed by atoms with Gasteiger partial charge in [0.15, 0.2) is 5.17 Å². The number of sulfonamides is 1.